The molecule has 3 heteroatoms. The topological polar surface area (TPSA) is 40.5 Å². The van der Waals surface area contributed by atoms with Gasteiger partial charge in [-0.25, -0.2) is 0 Å². The van der Waals surface area contributed by atoms with Crippen LogP contribution in [0.25, 0.3) is 0 Å². The van der Waals surface area contributed by atoms with E-state index >= 15 is 0 Å². The summed E-state index contributed by atoms with van der Waals surface area (Å²) in [5.41, 5.74) is 0. The van der Waals surface area contributed by atoms with E-state index in [1.54, 1.807) is 0 Å². The number of carbonyl (C=O) groups is 1. The van der Waals surface area contributed by atoms with Crippen molar-refractivity contribution in [1.82, 2.24) is 4.90 Å². The largest absolute Gasteiger partial charge is 0.396 e. The molecule has 1 amide bonds. The van der Waals surface area contributed by atoms with E-state index in [9.17, 15) is 4.79 Å². The van der Waals surface area contributed by atoms with Crippen LogP contribution in [0, 0.1) is 0 Å². The van der Waals surface area contributed by atoms with Gasteiger partial charge in [0.05, 0.1) is 0 Å². The first-order valence-corrected chi connectivity index (χ1v) is 5.70. The van der Waals surface area contributed by atoms with Gasteiger partial charge < -0.3 is 10.0 Å². The van der Waals surface area contributed by atoms with Crippen LogP contribution in [0.3, 0.4) is 0 Å². The lowest BCUT2D eigenvalue weighted by molar-refractivity contribution is -0.135. The van der Waals surface area contributed by atoms with Crippen LogP contribution in [0.2, 0.25) is 0 Å². The fourth-order valence-electron chi connectivity index (χ4n) is 1.81. The molecule has 1 fully saturated rings. The Hall–Kier alpha value is -0.570. The van der Waals surface area contributed by atoms with Crippen LogP contribution < -0.4 is 0 Å². The average molecular weight is 199 g/mol. The Morgan fingerprint density at radius 1 is 1.50 bits per heavy atom. The zero-order valence-electron chi connectivity index (χ0n) is 9.04. The molecule has 1 rings (SSSR count). The smallest absolute Gasteiger partial charge is 0.222 e. The predicted octanol–water partition coefficient (Wildman–Crippen LogP) is 1.55. The maximum absolute atomic E-state index is 11.7. The normalized spacial score (nSPS) is 16.4. The van der Waals surface area contributed by atoms with Gasteiger partial charge in [0.1, 0.15) is 0 Å². The zero-order chi connectivity index (χ0) is 10.4. The third-order valence-electron chi connectivity index (χ3n) is 2.86. The second-order valence-corrected chi connectivity index (χ2v) is 4.00. The molecular weight excluding hydrogens is 178 g/mol. The SMILES string of the molecule is CCCC(=O)N(CCCO)C1CCC1. The minimum Gasteiger partial charge on any atom is -0.396 e. The monoisotopic (exact) mass is 199 g/mol. The molecule has 0 spiro atoms. The van der Waals surface area contributed by atoms with E-state index in [2.05, 4.69) is 0 Å². The Morgan fingerprint density at radius 3 is 2.64 bits per heavy atom. The van der Waals surface area contributed by atoms with Crippen molar-refractivity contribution in [2.45, 2.75) is 51.5 Å². The molecule has 1 aliphatic rings. The summed E-state index contributed by atoms with van der Waals surface area (Å²) in [5, 5.41) is 8.76. The van der Waals surface area contributed by atoms with E-state index in [4.69, 9.17) is 5.11 Å². The highest BCUT2D eigenvalue weighted by Gasteiger charge is 2.27. The van der Waals surface area contributed by atoms with Crippen LogP contribution in [0.1, 0.15) is 45.4 Å². The molecular formula is C11H21NO2. The minimum absolute atomic E-state index is 0.183. The Bertz CT molecular complexity index is 178. The number of nitrogens with zero attached hydrogens (tertiary/aromatic N) is 1. The summed E-state index contributed by atoms with van der Waals surface area (Å²) in [6, 6.07) is 0.473. The van der Waals surface area contributed by atoms with Crippen molar-refractivity contribution in [1.29, 1.82) is 0 Å². The molecule has 0 heterocycles. The van der Waals surface area contributed by atoms with Crippen molar-refractivity contribution in [3.63, 3.8) is 0 Å². The highest BCUT2D eigenvalue weighted by atomic mass is 16.3. The molecule has 0 saturated heterocycles. The van der Waals surface area contributed by atoms with Gasteiger partial charge in [-0.15, -0.1) is 0 Å². The second kappa shape index (κ2) is 6.02. The lowest BCUT2D eigenvalue weighted by Gasteiger charge is -2.37. The third-order valence-corrected chi connectivity index (χ3v) is 2.86. The zero-order valence-corrected chi connectivity index (χ0v) is 9.04. The quantitative estimate of drug-likeness (QED) is 0.705. The molecule has 82 valence electrons. The molecule has 1 saturated carbocycles. The van der Waals surface area contributed by atoms with Gasteiger partial charge >= 0.3 is 0 Å². The van der Waals surface area contributed by atoms with Crippen molar-refractivity contribution in [2.75, 3.05) is 13.2 Å². The van der Waals surface area contributed by atoms with Gasteiger partial charge in [0, 0.05) is 25.6 Å². The third kappa shape index (κ3) is 2.98. The maximum Gasteiger partial charge on any atom is 0.222 e. The number of aliphatic hydroxyl groups is 1. The highest BCUT2D eigenvalue weighted by Crippen LogP contribution is 2.25. The van der Waals surface area contributed by atoms with Crippen molar-refractivity contribution in [2.24, 2.45) is 0 Å². The van der Waals surface area contributed by atoms with Crippen molar-refractivity contribution < 1.29 is 9.90 Å². The van der Waals surface area contributed by atoms with Gasteiger partial charge in [-0.05, 0) is 32.1 Å². The van der Waals surface area contributed by atoms with Crippen molar-refractivity contribution in [3.05, 3.63) is 0 Å². The van der Waals surface area contributed by atoms with Crippen LogP contribution in [0.4, 0.5) is 0 Å². The molecule has 0 aromatic carbocycles. The highest BCUT2D eigenvalue weighted by molar-refractivity contribution is 5.76. The summed E-state index contributed by atoms with van der Waals surface area (Å²) in [4.78, 5) is 13.7. The Morgan fingerprint density at radius 2 is 2.21 bits per heavy atom. The Kier molecular flexibility index (Phi) is 4.94. The summed E-state index contributed by atoms with van der Waals surface area (Å²) in [5.74, 6) is 0.269. The lowest BCUT2D eigenvalue weighted by Crippen LogP contribution is -2.44. The molecule has 0 aromatic heterocycles. The van der Waals surface area contributed by atoms with Gasteiger partial charge in [-0.3, -0.25) is 4.79 Å². The lowest BCUT2D eigenvalue weighted by atomic mass is 9.91. The summed E-state index contributed by atoms with van der Waals surface area (Å²) in [7, 11) is 0. The van der Waals surface area contributed by atoms with Crippen LogP contribution >= 0.6 is 0 Å². The first-order chi connectivity index (χ1) is 6.79. The average Bonchev–Trinajstić information content (AvgIpc) is 2.09. The molecule has 0 unspecified atom stereocenters. The van der Waals surface area contributed by atoms with Gasteiger partial charge in [0.25, 0.3) is 0 Å². The fraction of sp³-hybridized carbons (Fsp3) is 0.909. The van der Waals surface area contributed by atoms with Gasteiger partial charge in [0.2, 0.25) is 5.91 Å². The number of hydrogen-bond donors (Lipinski definition) is 1. The number of hydrogen-bond acceptors (Lipinski definition) is 2. The number of aliphatic hydroxyl groups excluding tert-OH is 1. The first kappa shape index (κ1) is 11.5. The first-order valence-electron chi connectivity index (χ1n) is 5.70. The van der Waals surface area contributed by atoms with Gasteiger partial charge in [-0.1, -0.05) is 6.92 Å². The van der Waals surface area contributed by atoms with E-state index < -0.39 is 0 Å². The van der Waals surface area contributed by atoms with Crippen molar-refractivity contribution >= 4 is 5.91 Å². The van der Waals surface area contributed by atoms with E-state index in [-0.39, 0.29) is 12.5 Å². The van der Waals surface area contributed by atoms with E-state index in [0.29, 0.717) is 18.9 Å². The number of carbonyl (C=O) groups excluding carboxylic acids is 1. The van der Waals surface area contributed by atoms with E-state index in [1.165, 1.54) is 6.42 Å². The van der Waals surface area contributed by atoms with Crippen LogP contribution in [-0.4, -0.2) is 35.1 Å². The number of amides is 1. The molecule has 0 radical (unpaired) electrons. The molecule has 0 atom stereocenters. The summed E-state index contributed by atoms with van der Waals surface area (Å²) in [6.45, 7) is 2.95. The van der Waals surface area contributed by atoms with Crippen molar-refractivity contribution in [3.8, 4) is 0 Å². The molecule has 1 N–H and O–H groups in total. The summed E-state index contributed by atoms with van der Waals surface area (Å²) < 4.78 is 0. The molecule has 14 heavy (non-hydrogen) atoms. The van der Waals surface area contributed by atoms with Gasteiger partial charge in [-0.2, -0.15) is 0 Å². The van der Waals surface area contributed by atoms with E-state index in [1.807, 2.05) is 11.8 Å². The molecule has 0 bridgehead atoms. The van der Waals surface area contributed by atoms with Crippen LogP contribution in [0.15, 0.2) is 0 Å². The predicted molar refractivity (Wildman–Crippen MR) is 56.0 cm³/mol. The minimum atomic E-state index is 0.183. The second-order valence-electron chi connectivity index (χ2n) is 4.00. The Labute approximate surface area is 86.1 Å². The molecule has 3 nitrogen and oxygen atoms in total. The standard InChI is InChI=1S/C11H21NO2/c1-2-5-11(14)12(8-4-9-13)10-6-3-7-10/h10,13H,2-9H2,1H3. The van der Waals surface area contributed by atoms with Crippen LogP contribution in [0.5, 0.6) is 0 Å². The molecule has 0 aromatic rings. The molecule has 0 aliphatic heterocycles. The van der Waals surface area contributed by atoms with Gasteiger partial charge in [0.15, 0.2) is 0 Å². The summed E-state index contributed by atoms with van der Waals surface area (Å²) >= 11 is 0. The summed E-state index contributed by atoms with van der Waals surface area (Å²) in [6.07, 6.45) is 5.84. The van der Waals surface area contributed by atoms with E-state index in [0.717, 1.165) is 25.8 Å². The van der Waals surface area contributed by atoms with Crippen LogP contribution in [-0.2, 0) is 4.79 Å². The molecule has 1 aliphatic carbocycles. The maximum atomic E-state index is 11.7. The number of rotatable bonds is 6. The fourth-order valence-corrected chi connectivity index (χ4v) is 1.81. The Balaban J connectivity index is 2.38.